The van der Waals surface area contributed by atoms with Crippen LogP contribution >= 0.6 is 0 Å². The summed E-state index contributed by atoms with van der Waals surface area (Å²) in [6, 6.07) is 0. The third kappa shape index (κ3) is 7.55. The van der Waals surface area contributed by atoms with Crippen molar-refractivity contribution in [3.63, 3.8) is 0 Å². The van der Waals surface area contributed by atoms with E-state index in [9.17, 15) is 9.59 Å². The molecule has 0 rings (SSSR count). The van der Waals surface area contributed by atoms with Gasteiger partial charge in [0.25, 0.3) is 0 Å². The van der Waals surface area contributed by atoms with Crippen LogP contribution in [0.25, 0.3) is 0 Å². The van der Waals surface area contributed by atoms with Gasteiger partial charge in [0.05, 0.1) is 6.26 Å². The van der Waals surface area contributed by atoms with E-state index in [2.05, 4.69) is 17.9 Å². The lowest BCUT2D eigenvalue weighted by atomic mass is 10.1. The predicted octanol–water partition coefficient (Wildman–Crippen LogP) is 2.43. The summed E-state index contributed by atoms with van der Waals surface area (Å²) in [5, 5.41) is 8.49. The lowest BCUT2D eigenvalue weighted by Gasteiger charge is -2.00. The first-order valence-electron chi connectivity index (χ1n) is 4.93. The molecule has 0 aromatic rings. The number of esters is 1. The fourth-order valence-corrected chi connectivity index (χ4v) is 1.07. The Kier molecular flexibility index (Phi) is 7.49. The van der Waals surface area contributed by atoms with Crippen molar-refractivity contribution in [3.8, 4) is 0 Å². The summed E-state index contributed by atoms with van der Waals surface area (Å²) in [5.74, 6) is -1.20. The number of ether oxygens (including phenoxy) is 1. The molecule has 0 unspecified atom stereocenters. The molecule has 4 nitrogen and oxygen atoms in total. The first-order valence-corrected chi connectivity index (χ1v) is 4.93. The van der Waals surface area contributed by atoms with Crippen molar-refractivity contribution in [1.29, 1.82) is 0 Å². The standard InChI is InChI=1S/C12H16O4/c1-3-10(8-9-11(13)14)6-5-7-12(15)16-4-2/h3-4,6H,1-2,5,7-9H2,(H,13,14). The Bertz CT molecular complexity index is 302. The van der Waals surface area contributed by atoms with Gasteiger partial charge in [-0.15, -0.1) is 0 Å². The number of rotatable bonds is 8. The summed E-state index contributed by atoms with van der Waals surface area (Å²) in [7, 11) is 0. The van der Waals surface area contributed by atoms with Gasteiger partial charge in [0.2, 0.25) is 0 Å². The minimum Gasteiger partial charge on any atom is -0.481 e. The van der Waals surface area contributed by atoms with Crippen LogP contribution in [0.4, 0.5) is 0 Å². The van der Waals surface area contributed by atoms with Crippen LogP contribution < -0.4 is 0 Å². The van der Waals surface area contributed by atoms with Gasteiger partial charge in [0.1, 0.15) is 0 Å². The molecule has 0 atom stereocenters. The van der Waals surface area contributed by atoms with Crippen LogP contribution in [-0.2, 0) is 14.3 Å². The second-order valence-electron chi connectivity index (χ2n) is 3.07. The van der Waals surface area contributed by atoms with Gasteiger partial charge in [-0.3, -0.25) is 9.59 Å². The van der Waals surface area contributed by atoms with Gasteiger partial charge in [-0.2, -0.15) is 0 Å². The third-order valence-electron chi connectivity index (χ3n) is 1.86. The van der Waals surface area contributed by atoms with Crippen LogP contribution in [0.1, 0.15) is 25.7 Å². The van der Waals surface area contributed by atoms with Gasteiger partial charge in [-0.1, -0.05) is 30.9 Å². The van der Waals surface area contributed by atoms with E-state index in [1.807, 2.05) is 0 Å². The molecule has 0 aromatic carbocycles. The SMILES string of the molecule is C=COC(=O)CCC=C(C=C)CCC(=O)O. The monoisotopic (exact) mass is 224 g/mol. The summed E-state index contributed by atoms with van der Waals surface area (Å²) in [5.41, 5.74) is 0.828. The Morgan fingerprint density at radius 1 is 1.19 bits per heavy atom. The molecular formula is C12H16O4. The van der Waals surface area contributed by atoms with E-state index in [4.69, 9.17) is 5.11 Å². The third-order valence-corrected chi connectivity index (χ3v) is 1.86. The minimum atomic E-state index is -0.848. The van der Waals surface area contributed by atoms with Crippen molar-refractivity contribution >= 4 is 11.9 Å². The van der Waals surface area contributed by atoms with E-state index in [0.29, 0.717) is 12.8 Å². The first-order chi connectivity index (χ1) is 7.60. The second-order valence-corrected chi connectivity index (χ2v) is 3.07. The fraction of sp³-hybridized carbons (Fsp3) is 0.333. The van der Waals surface area contributed by atoms with E-state index in [1.165, 1.54) is 0 Å². The smallest absolute Gasteiger partial charge is 0.310 e. The Labute approximate surface area is 94.9 Å². The topological polar surface area (TPSA) is 63.6 Å². The van der Waals surface area contributed by atoms with Crippen LogP contribution in [0.3, 0.4) is 0 Å². The molecular weight excluding hydrogens is 208 g/mol. The van der Waals surface area contributed by atoms with Gasteiger partial charge in [0, 0.05) is 12.8 Å². The molecule has 0 bridgehead atoms. The number of hydrogen-bond acceptors (Lipinski definition) is 3. The maximum absolute atomic E-state index is 10.9. The molecule has 0 amide bonds. The Morgan fingerprint density at radius 2 is 1.88 bits per heavy atom. The molecule has 1 N–H and O–H groups in total. The quantitative estimate of drug-likeness (QED) is 0.390. The van der Waals surface area contributed by atoms with Gasteiger partial charge in [-0.25, -0.2) is 0 Å². The van der Waals surface area contributed by atoms with Crippen LogP contribution in [0.2, 0.25) is 0 Å². The Morgan fingerprint density at radius 3 is 2.38 bits per heavy atom. The van der Waals surface area contributed by atoms with Gasteiger partial charge < -0.3 is 9.84 Å². The zero-order valence-electron chi connectivity index (χ0n) is 9.15. The second kappa shape index (κ2) is 8.47. The highest BCUT2D eigenvalue weighted by atomic mass is 16.5. The molecule has 0 fully saturated rings. The highest BCUT2D eigenvalue weighted by Crippen LogP contribution is 2.08. The van der Waals surface area contributed by atoms with Crippen molar-refractivity contribution in [2.45, 2.75) is 25.7 Å². The van der Waals surface area contributed by atoms with Crippen LogP contribution in [0.15, 0.2) is 37.1 Å². The molecule has 0 aliphatic heterocycles. The molecule has 88 valence electrons. The number of hydrogen-bond donors (Lipinski definition) is 1. The first kappa shape index (κ1) is 14.2. The number of carboxylic acids is 1. The van der Waals surface area contributed by atoms with E-state index in [1.54, 1.807) is 12.2 Å². The number of aliphatic carboxylic acids is 1. The van der Waals surface area contributed by atoms with E-state index in [0.717, 1.165) is 11.8 Å². The molecule has 0 saturated heterocycles. The number of carbonyl (C=O) groups excluding carboxylic acids is 1. The summed E-state index contributed by atoms with van der Waals surface area (Å²) in [6.45, 7) is 6.85. The van der Waals surface area contributed by atoms with Crippen LogP contribution in [-0.4, -0.2) is 17.0 Å². The van der Waals surface area contributed by atoms with Crippen molar-refractivity contribution in [1.82, 2.24) is 0 Å². The number of allylic oxidation sites excluding steroid dienone is 3. The average molecular weight is 224 g/mol. The molecule has 0 aliphatic rings. The van der Waals surface area contributed by atoms with Gasteiger partial charge in [-0.05, 0) is 12.8 Å². The zero-order chi connectivity index (χ0) is 12.4. The Balaban J connectivity index is 3.97. The largest absolute Gasteiger partial charge is 0.481 e. The maximum Gasteiger partial charge on any atom is 0.310 e. The lowest BCUT2D eigenvalue weighted by Crippen LogP contribution is -1.98. The van der Waals surface area contributed by atoms with E-state index in [-0.39, 0.29) is 18.8 Å². The van der Waals surface area contributed by atoms with Crippen LogP contribution in [0, 0.1) is 0 Å². The highest BCUT2D eigenvalue weighted by Gasteiger charge is 2.01. The van der Waals surface area contributed by atoms with Crippen molar-refractivity contribution in [3.05, 3.63) is 37.1 Å². The molecule has 0 radical (unpaired) electrons. The summed E-state index contributed by atoms with van der Waals surface area (Å²) >= 11 is 0. The van der Waals surface area contributed by atoms with Crippen molar-refractivity contribution in [2.75, 3.05) is 0 Å². The molecule has 16 heavy (non-hydrogen) atoms. The molecule has 0 aliphatic carbocycles. The van der Waals surface area contributed by atoms with Gasteiger partial charge in [0.15, 0.2) is 0 Å². The highest BCUT2D eigenvalue weighted by molar-refractivity contribution is 5.70. The minimum absolute atomic E-state index is 0.0644. The molecule has 0 aromatic heterocycles. The van der Waals surface area contributed by atoms with E-state index < -0.39 is 5.97 Å². The Hall–Kier alpha value is -1.84. The van der Waals surface area contributed by atoms with E-state index >= 15 is 0 Å². The summed E-state index contributed by atoms with van der Waals surface area (Å²) < 4.78 is 4.53. The van der Waals surface area contributed by atoms with Crippen molar-refractivity contribution in [2.24, 2.45) is 0 Å². The molecule has 0 spiro atoms. The number of carboxylic acid groups (broad SMARTS) is 1. The van der Waals surface area contributed by atoms with Gasteiger partial charge >= 0.3 is 11.9 Å². The lowest BCUT2D eigenvalue weighted by molar-refractivity contribution is -0.138. The normalized spacial score (nSPS) is 10.6. The zero-order valence-corrected chi connectivity index (χ0v) is 9.15. The summed E-state index contributed by atoms with van der Waals surface area (Å²) in [4.78, 5) is 21.3. The number of carbonyl (C=O) groups is 2. The molecule has 4 heteroatoms. The van der Waals surface area contributed by atoms with Crippen LogP contribution in [0.5, 0.6) is 0 Å². The summed E-state index contributed by atoms with van der Waals surface area (Å²) in [6.07, 6.45) is 5.72. The predicted molar refractivity (Wildman–Crippen MR) is 60.7 cm³/mol. The van der Waals surface area contributed by atoms with Crippen molar-refractivity contribution < 1.29 is 19.4 Å². The average Bonchev–Trinajstić information content (AvgIpc) is 2.23. The fourth-order valence-electron chi connectivity index (χ4n) is 1.07. The molecule has 0 heterocycles. The maximum atomic E-state index is 10.9. The molecule has 0 saturated carbocycles.